The minimum atomic E-state index is 0.131. The topological polar surface area (TPSA) is 22.0 Å². The summed E-state index contributed by atoms with van der Waals surface area (Å²) in [6, 6.07) is 3.76. The molecule has 1 rings (SSSR count). The summed E-state index contributed by atoms with van der Waals surface area (Å²) in [6.07, 6.45) is 1.84. The highest BCUT2D eigenvalue weighted by Crippen LogP contribution is 1.96. The maximum Gasteiger partial charge on any atom is 0.253 e. The summed E-state index contributed by atoms with van der Waals surface area (Å²) in [7, 11) is 0. The van der Waals surface area contributed by atoms with Crippen LogP contribution < -0.4 is 5.56 Å². The van der Waals surface area contributed by atoms with Crippen LogP contribution in [-0.2, 0) is 6.54 Å². The number of hydrogen-bond donors (Lipinski definition) is 0. The van der Waals surface area contributed by atoms with Crippen molar-refractivity contribution in [3.05, 3.63) is 34.2 Å². The minimum Gasteiger partial charge on any atom is -0.315 e. The fourth-order valence-electron chi connectivity index (χ4n) is 1.19. The largest absolute Gasteiger partial charge is 0.315 e. The molecule has 2 heteroatoms. The Bertz CT molecular complexity index is 312. The van der Waals surface area contributed by atoms with E-state index in [1.165, 1.54) is 0 Å². The first-order chi connectivity index (χ1) is 6.61. The highest BCUT2D eigenvalue weighted by atomic mass is 16.1. The van der Waals surface area contributed by atoms with E-state index in [1.807, 2.05) is 39.1 Å². The molecule has 14 heavy (non-hydrogen) atoms. The van der Waals surface area contributed by atoms with Crippen molar-refractivity contribution in [3.8, 4) is 0 Å². The summed E-state index contributed by atoms with van der Waals surface area (Å²) in [5.74, 6) is 0.518. The smallest absolute Gasteiger partial charge is 0.253 e. The van der Waals surface area contributed by atoms with E-state index in [4.69, 9.17) is 0 Å². The quantitative estimate of drug-likeness (QED) is 0.711. The van der Waals surface area contributed by atoms with Crippen LogP contribution in [0.15, 0.2) is 23.1 Å². The maximum atomic E-state index is 11.5. The molecule has 0 spiro atoms. The molecule has 0 unspecified atom stereocenters. The third kappa shape index (κ3) is 3.77. The summed E-state index contributed by atoms with van der Waals surface area (Å²) >= 11 is 0. The van der Waals surface area contributed by atoms with Gasteiger partial charge in [0.05, 0.1) is 0 Å². The van der Waals surface area contributed by atoms with Gasteiger partial charge in [0, 0.05) is 18.3 Å². The highest BCUT2D eigenvalue weighted by Gasteiger charge is 1.99. The van der Waals surface area contributed by atoms with Crippen molar-refractivity contribution in [2.24, 2.45) is 5.92 Å². The van der Waals surface area contributed by atoms with Crippen LogP contribution in [0.1, 0.15) is 33.3 Å². The van der Waals surface area contributed by atoms with Gasteiger partial charge in [-0.15, -0.1) is 0 Å². The van der Waals surface area contributed by atoms with Gasteiger partial charge in [-0.3, -0.25) is 4.79 Å². The molecule has 1 heterocycles. The summed E-state index contributed by atoms with van der Waals surface area (Å²) in [5.41, 5.74) is 0.948. The normalized spacial score (nSPS) is 9.57. The molecule has 0 bridgehead atoms. The van der Waals surface area contributed by atoms with Crippen molar-refractivity contribution < 1.29 is 0 Å². The molecule has 0 saturated carbocycles. The molecule has 0 atom stereocenters. The number of hydrogen-bond acceptors (Lipinski definition) is 1. The molecule has 2 nitrogen and oxygen atoms in total. The van der Waals surface area contributed by atoms with E-state index in [-0.39, 0.29) is 5.56 Å². The van der Waals surface area contributed by atoms with Gasteiger partial charge in [-0.2, -0.15) is 0 Å². The van der Waals surface area contributed by atoms with Crippen molar-refractivity contribution in [1.29, 1.82) is 0 Å². The minimum absolute atomic E-state index is 0.131. The van der Waals surface area contributed by atoms with Crippen LogP contribution in [0.4, 0.5) is 0 Å². The Morgan fingerprint density at radius 2 is 1.93 bits per heavy atom. The molecule has 0 amide bonds. The standard InChI is InChI=1S/C10H15NO.C2H6/c1-8(2)7-11-6-4-5-9(3)10(11)12;1-2/h4-6,8H,7H2,1-3H3;1-2H3. The van der Waals surface area contributed by atoms with Crippen molar-refractivity contribution in [2.45, 2.75) is 41.2 Å². The van der Waals surface area contributed by atoms with Crippen LogP contribution in [0.3, 0.4) is 0 Å². The maximum absolute atomic E-state index is 11.5. The van der Waals surface area contributed by atoms with Crippen LogP contribution in [0, 0.1) is 12.8 Å². The van der Waals surface area contributed by atoms with Gasteiger partial charge in [0.1, 0.15) is 0 Å². The number of nitrogens with zero attached hydrogens (tertiary/aromatic N) is 1. The van der Waals surface area contributed by atoms with E-state index in [0.717, 1.165) is 12.1 Å². The molecule has 0 N–H and O–H groups in total. The molecular formula is C12H21NO. The third-order valence-electron chi connectivity index (χ3n) is 1.77. The van der Waals surface area contributed by atoms with Crippen molar-refractivity contribution >= 4 is 0 Å². The highest BCUT2D eigenvalue weighted by molar-refractivity contribution is 5.07. The van der Waals surface area contributed by atoms with Gasteiger partial charge in [-0.05, 0) is 18.9 Å². The fraction of sp³-hybridized carbons (Fsp3) is 0.583. The summed E-state index contributed by atoms with van der Waals surface area (Å²) in [4.78, 5) is 11.5. The van der Waals surface area contributed by atoms with Gasteiger partial charge in [-0.1, -0.05) is 33.8 Å². The zero-order valence-corrected chi connectivity index (χ0v) is 9.87. The Morgan fingerprint density at radius 3 is 2.43 bits per heavy atom. The first-order valence-corrected chi connectivity index (χ1v) is 5.27. The van der Waals surface area contributed by atoms with E-state index in [0.29, 0.717) is 5.92 Å². The second-order valence-electron chi connectivity index (χ2n) is 3.54. The number of pyridine rings is 1. The van der Waals surface area contributed by atoms with Crippen molar-refractivity contribution in [2.75, 3.05) is 0 Å². The van der Waals surface area contributed by atoms with E-state index in [2.05, 4.69) is 13.8 Å². The number of aromatic nitrogens is 1. The molecule has 0 radical (unpaired) electrons. The first kappa shape index (κ1) is 12.9. The lowest BCUT2D eigenvalue weighted by molar-refractivity contribution is 0.509. The zero-order valence-electron chi connectivity index (χ0n) is 9.87. The Balaban J connectivity index is 0.000000791. The lowest BCUT2D eigenvalue weighted by Gasteiger charge is -2.08. The molecule has 0 aliphatic heterocycles. The fourth-order valence-corrected chi connectivity index (χ4v) is 1.19. The van der Waals surface area contributed by atoms with E-state index >= 15 is 0 Å². The molecule has 0 aliphatic carbocycles. The van der Waals surface area contributed by atoms with E-state index in [1.54, 1.807) is 4.57 Å². The third-order valence-corrected chi connectivity index (χ3v) is 1.77. The molecule has 1 aromatic heterocycles. The van der Waals surface area contributed by atoms with Crippen LogP contribution in [0.2, 0.25) is 0 Å². The van der Waals surface area contributed by atoms with E-state index < -0.39 is 0 Å². The molecule has 0 aliphatic rings. The Hall–Kier alpha value is -1.05. The monoisotopic (exact) mass is 195 g/mol. The average molecular weight is 195 g/mol. The zero-order chi connectivity index (χ0) is 11.1. The molecule has 0 saturated heterocycles. The Labute approximate surface area is 86.6 Å². The van der Waals surface area contributed by atoms with Gasteiger partial charge in [0.15, 0.2) is 0 Å². The molecule has 1 aromatic rings. The molecule has 0 aromatic carbocycles. The van der Waals surface area contributed by atoms with Crippen LogP contribution in [-0.4, -0.2) is 4.57 Å². The molecule has 0 fully saturated rings. The molecule has 80 valence electrons. The van der Waals surface area contributed by atoms with Crippen LogP contribution in [0.25, 0.3) is 0 Å². The number of aryl methyl sites for hydroxylation is 1. The lowest BCUT2D eigenvalue weighted by Crippen LogP contribution is -2.23. The number of rotatable bonds is 2. The summed E-state index contributed by atoms with van der Waals surface area (Å²) < 4.78 is 1.76. The second-order valence-corrected chi connectivity index (χ2v) is 3.54. The lowest BCUT2D eigenvalue weighted by atomic mass is 10.2. The predicted molar refractivity (Wildman–Crippen MR) is 61.6 cm³/mol. The summed E-state index contributed by atoms with van der Waals surface area (Å²) in [6.45, 7) is 10.9. The Morgan fingerprint density at radius 1 is 1.36 bits per heavy atom. The van der Waals surface area contributed by atoms with Crippen molar-refractivity contribution in [3.63, 3.8) is 0 Å². The van der Waals surface area contributed by atoms with Crippen LogP contribution in [0.5, 0.6) is 0 Å². The van der Waals surface area contributed by atoms with Gasteiger partial charge < -0.3 is 4.57 Å². The predicted octanol–water partition coefficient (Wildman–Crippen LogP) is 2.84. The second kappa shape index (κ2) is 6.41. The van der Waals surface area contributed by atoms with Gasteiger partial charge in [0.2, 0.25) is 0 Å². The van der Waals surface area contributed by atoms with Gasteiger partial charge in [0.25, 0.3) is 5.56 Å². The first-order valence-electron chi connectivity index (χ1n) is 5.27. The average Bonchev–Trinajstić information content (AvgIpc) is 2.16. The molecular weight excluding hydrogens is 174 g/mol. The van der Waals surface area contributed by atoms with Gasteiger partial charge >= 0.3 is 0 Å². The summed E-state index contributed by atoms with van der Waals surface area (Å²) in [5, 5.41) is 0. The van der Waals surface area contributed by atoms with Crippen LogP contribution >= 0.6 is 0 Å². The van der Waals surface area contributed by atoms with Crippen molar-refractivity contribution in [1.82, 2.24) is 4.57 Å². The van der Waals surface area contributed by atoms with Gasteiger partial charge in [-0.25, -0.2) is 0 Å². The SMILES string of the molecule is CC.Cc1cccn(CC(C)C)c1=O. The van der Waals surface area contributed by atoms with E-state index in [9.17, 15) is 4.79 Å². The Kier molecular flexibility index (Phi) is 5.93.